The van der Waals surface area contributed by atoms with Gasteiger partial charge in [0, 0.05) is 11.6 Å². The predicted molar refractivity (Wildman–Crippen MR) is 94.5 cm³/mol. The van der Waals surface area contributed by atoms with Crippen molar-refractivity contribution in [3.63, 3.8) is 0 Å². The third kappa shape index (κ3) is 3.43. The number of hydrogen-bond donors (Lipinski definition) is 2. The summed E-state index contributed by atoms with van der Waals surface area (Å²) in [5.41, 5.74) is 3.07. The van der Waals surface area contributed by atoms with Crippen molar-refractivity contribution in [3.05, 3.63) is 75.2 Å². The third-order valence-corrected chi connectivity index (χ3v) is 4.64. The summed E-state index contributed by atoms with van der Waals surface area (Å²) in [6.07, 6.45) is 0.563. The molecule has 3 aromatic rings. The van der Waals surface area contributed by atoms with E-state index in [0.29, 0.717) is 27.3 Å². The maximum absolute atomic E-state index is 11.5. The SMILES string of the molecule is Cc1ccc(-c2cc(C(=O)O)cc(C(O)c3nccs3)c2)c(C#N)c1. The number of aromatic nitrogens is 1. The Balaban J connectivity index is 2.18. The van der Waals surface area contributed by atoms with Crippen LogP contribution in [0.4, 0.5) is 0 Å². The van der Waals surface area contributed by atoms with Gasteiger partial charge in [-0.15, -0.1) is 11.3 Å². The Hall–Kier alpha value is -3.01. The van der Waals surface area contributed by atoms with Gasteiger partial charge in [0.15, 0.2) is 0 Å². The molecule has 0 spiro atoms. The summed E-state index contributed by atoms with van der Waals surface area (Å²) in [6, 6.07) is 12.2. The molecule has 1 heterocycles. The standard InChI is InChI=1S/C19H14N2O3S/c1-11-2-3-16(15(6-11)10-20)12-7-13(9-14(8-12)19(23)24)17(22)18-21-4-5-25-18/h2-9,17,22H,1H3,(H,23,24). The van der Waals surface area contributed by atoms with Crippen molar-refractivity contribution < 1.29 is 15.0 Å². The largest absolute Gasteiger partial charge is 0.478 e. The lowest BCUT2D eigenvalue weighted by Crippen LogP contribution is -2.04. The second-order valence-corrected chi connectivity index (χ2v) is 6.51. The Morgan fingerprint density at radius 3 is 2.72 bits per heavy atom. The summed E-state index contributed by atoms with van der Waals surface area (Å²) in [7, 11) is 0. The van der Waals surface area contributed by atoms with Crippen LogP contribution >= 0.6 is 11.3 Å². The molecule has 0 amide bonds. The van der Waals surface area contributed by atoms with E-state index >= 15 is 0 Å². The molecule has 0 aliphatic heterocycles. The van der Waals surface area contributed by atoms with E-state index in [0.717, 1.165) is 5.56 Å². The lowest BCUT2D eigenvalue weighted by Gasteiger charge is -2.13. The zero-order valence-electron chi connectivity index (χ0n) is 13.3. The Morgan fingerprint density at radius 1 is 1.28 bits per heavy atom. The van der Waals surface area contributed by atoms with E-state index in [2.05, 4.69) is 11.1 Å². The average Bonchev–Trinajstić information content (AvgIpc) is 3.15. The minimum atomic E-state index is -1.10. The molecule has 0 fully saturated rings. The highest BCUT2D eigenvalue weighted by atomic mass is 32.1. The number of aromatic carboxylic acids is 1. The summed E-state index contributed by atoms with van der Waals surface area (Å²) < 4.78 is 0. The van der Waals surface area contributed by atoms with Crippen LogP contribution in [0, 0.1) is 18.3 Å². The van der Waals surface area contributed by atoms with E-state index in [1.165, 1.54) is 23.5 Å². The zero-order valence-corrected chi connectivity index (χ0v) is 14.1. The van der Waals surface area contributed by atoms with Crippen LogP contribution in [0.25, 0.3) is 11.1 Å². The lowest BCUT2D eigenvalue weighted by molar-refractivity contribution is 0.0696. The fourth-order valence-electron chi connectivity index (χ4n) is 2.60. The smallest absolute Gasteiger partial charge is 0.335 e. The van der Waals surface area contributed by atoms with Gasteiger partial charge in [0.25, 0.3) is 0 Å². The van der Waals surface area contributed by atoms with Gasteiger partial charge in [-0.2, -0.15) is 5.26 Å². The number of aliphatic hydroxyl groups is 1. The number of nitrogens with zero attached hydrogens (tertiary/aromatic N) is 2. The van der Waals surface area contributed by atoms with Crippen molar-refractivity contribution in [2.45, 2.75) is 13.0 Å². The van der Waals surface area contributed by atoms with E-state index in [1.807, 2.05) is 13.0 Å². The lowest BCUT2D eigenvalue weighted by atomic mass is 9.94. The summed E-state index contributed by atoms with van der Waals surface area (Å²) in [5, 5.41) is 31.5. The molecule has 2 aromatic carbocycles. The third-order valence-electron chi connectivity index (χ3n) is 3.81. The molecule has 124 valence electrons. The molecule has 2 N–H and O–H groups in total. The van der Waals surface area contributed by atoms with Gasteiger partial charge in [0.2, 0.25) is 0 Å². The van der Waals surface area contributed by atoms with Gasteiger partial charge in [0.1, 0.15) is 11.1 Å². The molecule has 1 unspecified atom stereocenters. The molecule has 5 nitrogen and oxygen atoms in total. The van der Waals surface area contributed by atoms with E-state index < -0.39 is 12.1 Å². The van der Waals surface area contributed by atoms with Crippen LogP contribution in [0.3, 0.4) is 0 Å². The predicted octanol–water partition coefficient (Wildman–Crippen LogP) is 3.77. The molecule has 0 aliphatic carbocycles. The number of carboxylic acids is 1. The van der Waals surface area contributed by atoms with Crippen LogP contribution in [0.5, 0.6) is 0 Å². The molecule has 0 saturated heterocycles. The molecule has 3 rings (SSSR count). The first kappa shape index (κ1) is 16.8. The minimum Gasteiger partial charge on any atom is -0.478 e. The van der Waals surface area contributed by atoms with Crippen molar-refractivity contribution >= 4 is 17.3 Å². The zero-order chi connectivity index (χ0) is 18.0. The summed E-state index contributed by atoms with van der Waals surface area (Å²) in [6.45, 7) is 1.88. The second kappa shape index (κ2) is 6.85. The molecular weight excluding hydrogens is 336 g/mol. The molecule has 25 heavy (non-hydrogen) atoms. The van der Waals surface area contributed by atoms with Crippen molar-refractivity contribution in [1.82, 2.24) is 4.98 Å². The number of carboxylic acid groups (broad SMARTS) is 1. The summed E-state index contributed by atoms with van der Waals surface area (Å²) in [4.78, 5) is 15.6. The number of aryl methyl sites for hydroxylation is 1. The maximum atomic E-state index is 11.5. The molecule has 6 heteroatoms. The van der Waals surface area contributed by atoms with Gasteiger partial charge in [-0.25, -0.2) is 9.78 Å². The monoisotopic (exact) mass is 350 g/mol. The van der Waals surface area contributed by atoms with Crippen molar-refractivity contribution in [1.29, 1.82) is 5.26 Å². The number of rotatable bonds is 4. The fourth-order valence-corrected chi connectivity index (χ4v) is 3.25. The van der Waals surface area contributed by atoms with Gasteiger partial charge in [0.05, 0.1) is 17.2 Å². The van der Waals surface area contributed by atoms with Crippen LogP contribution in [0.2, 0.25) is 0 Å². The number of thiazole rings is 1. The fraction of sp³-hybridized carbons (Fsp3) is 0.105. The first-order valence-electron chi connectivity index (χ1n) is 7.46. The topological polar surface area (TPSA) is 94.2 Å². The van der Waals surface area contributed by atoms with Gasteiger partial charge in [-0.1, -0.05) is 12.1 Å². The number of aliphatic hydroxyl groups excluding tert-OH is 1. The number of hydrogen-bond acceptors (Lipinski definition) is 5. The van der Waals surface area contributed by atoms with Crippen LogP contribution < -0.4 is 0 Å². The van der Waals surface area contributed by atoms with Crippen LogP contribution in [0.1, 0.15) is 38.2 Å². The first-order valence-corrected chi connectivity index (χ1v) is 8.34. The Bertz CT molecular complexity index is 975. The molecule has 0 aliphatic rings. The maximum Gasteiger partial charge on any atom is 0.335 e. The summed E-state index contributed by atoms with van der Waals surface area (Å²) >= 11 is 1.29. The Kier molecular flexibility index (Phi) is 4.61. The number of carbonyl (C=O) groups is 1. The van der Waals surface area contributed by atoms with Crippen molar-refractivity contribution in [3.8, 4) is 17.2 Å². The number of benzene rings is 2. The Labute approximate surface area is 148 Å². The van der Waals surface area contributed by atoms with Gasteiger partial charge in [-0.05, 0) is 53.4 Å². The quantitative estimate of drug-likeness (QED) is 0.747. The number of nitriles is 1. The normalized spacial score (nSPS) is 11.7. The average molecular weight is 350 g/mol. The van der Waals surface area contributed by atoms with Gasteiger partial charge >= 0.3 is 5.97 Å². The summed E-state index contributed by atoms with van der Waals surface area (Å²) in [5.74, 6) is -1.10. The van der Waals surface area contributed by atoms with E-state index in [1.54, 1.807) is 29.8 Å². The van der Waals surface area contributed by atoms with E-state index in [4.69, 9.17) is 0 Å². The highest BCUT2D eigenvalue weighted by molar-refractivity contribution is 7.09. The molecule has 0 saturated carbocycles. The highest BCUT2D eigenvalue weighted by Crippen LogP contribution is 2.31. The highest BCUT2D eigenvalue weighted by Gasteiger charge is 2.18. The molecule has 0 radical (unpaired) electrons. The molecular formula is C19H14N2O3S. The molecule has 1 aromatic heterocycles. The van der Waals surface area contributed by atoms with Crippen molar-refractivity contribution in [2.24, 2.45) is 0 Å². The van der Waals surface area contributed by atoms with Gasteiger partial charge in [-0.3, -0.25) is 0 Å². The Morgan fingerprint density at radius 2 is 2.08 bits per heavy atom. The van der Waals surface area contributed by atoms with Crippen LogP contribution in [-0.2, 0) is 0 Å². The minimum absolute atomic E-state index is 0.0487. The van der Waals surface area contributed by atoms with Crippen LogP contribution in [0.15, 0.2) is 48.0 Å². The molecule has 0 bridgehead atoms. The van der Waals surface area contributed by atoms with E-state index in [9.17, 15) is 20.3 Å². The second-order valence-electron chi connectivity index (χ2n) is 5.58. The first-order chi connectivity index (χ1) is 12.0. The van der Waals surface area contributed by atoms with Gasteiger partial charge < -0.3 is 10.2 Å². The molecule has 1 atom stereocenters. The van der Waals surface area contributed by atoms with Crippen molar-refractivity contribution in [2.75, 3.05) is 0 Å². The van der Waals surface area contributed by atoms with Crippen LogP contribution in [-0.4, -0.2) is 21.2 Å². The van der Waals surface area contributed by atoms with E-state index in [-0.39, 0.29) is 5.56 Å².